The highest BCUT2D eigenvalue weighted by atomic mass is 15.4. The van der Waals surface area contributed by atoms with Gasteiger partial charge in [0.25, 0.3) is 0 Å². The molecule has 2 aliphatic heterocycles. The first-order valence-electron chi connectivity index (χ1n) is 18.5. The molecule has 0 saturated heterocycles. The number of hydrogen-bond acceptors (Lipinski definition) is 4. The van der Waals surface area contributed by atoms with Crippen LogP contribution < -0.4 is 14.7 Å². The van der Waals surface area contributed by atoms with E-state index in [0.29, 0.717) is 5.92 Å². The van der Waals surface area contributed by atoms with Gasteiger partial charge in [0.1, 0.15) is 12.5 Å². The van der Waals surface area contributed by atoms with E-state index in [1.165, 1.54) is 61.8 Å². The van der Waals surface area contributed by atoms with Gasteiger partial charge < -0.3 is 14.7 Å². The number of nitrogens with zero attached hydrogens (tertiary/aromatic N) is 4. The minimum absolute atomic E-state index is 0.174. The lowest BCUT2D eigenvalue weighted by Gasteiger charge is -2.30. The molecule has 1 aromatic heterocycles. The zero-order chi connectivity index (χ0) is 35.4. The molecule has 0 amide bonds. The number of para-hydroxylation sites is 3. The fraction of sp³-hybridized carbons (Fsp3) is 0.188. The van der Waals surface area contributed by atoms with Crippen molar-refractivity contribution in [3.8, 4) is 11.1 Å². The number of anilines is 6. The molecular weight excluding hydrogens is 633 g/mol. The Kier molecular flexibility index (Phi) is 7.84. The fourth-order valence-corrected chi connectivity index (χ4v) is 8.46. The van der Waals surface area contributed by atoms with Crippen LogP contribution in [0, 0.1) is 0 Å². The molecular formula is C48H44N4. The van der Waals surface area contributed by atoms with Gasteiger partial charge in [0.15, 0.2) is 0 Å². The van der Waals surface area contributed by atoms with Crippen LogP contribution in [0.5, 0.6) is 0 Å². The van der Waals surface area contributed by atoms with Gasteiger partial charge in [0, 0.05) is 34.6 Å². The molecule has 0 radical (unpaired) electrons. The fourth-order valence-electron chi connectivity index (χ4n) is 8.46. The van der Waals surface area contributed by atoms with Crippen LogP contribution in [-0.4, -0.2) is 17.7 Å². The quantitative estimate of drug-likeness (QED) is 0.168. The summed E-state index contributed by atoms with van der Waals surface area (Å²) >= 11 is 0. The monoisotopic (exact) mass is 676 g/mol. The predicted octanol–water partition coefficient (Wildman–Crippen LogP) is 12.2. The normalized spacial score (nSPS) is 17.4. The third-order valence-corrected chi connectivity index (χ3v) is 11.4. The zero-order valence-electron chi connectivity index (χ0n) is 30.3. The van der Waals surface area contributed by atoms with Crippen LogP contribution >= 0.6 is 0 Å². The van der Waals surface area contributed by atoms with Gasteiger partial charge in [-0.3, -0.25) is 0 Å². The van der Waals surface area contributed by atoms with Gasteiger partial charge in [-0.15, -0.1) is 0 Å². The highest BCUT2D eigenvalue weighted by molar-refractivity contribution is 5.87. The van der Waals surface area contributed by atoms with E-state index >= 15 is 0 Å². The largest absolute Gasteiger partial charge is 0.321 e. The molecule has 9 rings (SSSR count). The first-order valence-corrected chi connectivity index (χ1v) is 18.5. The van der Waals surface area contributed by atoms with Crippen molar-refractivity contribution in [1.82, 2.24) is 4.98 Å². The van der Waals surface area contributed by atoms with Crippen molar-refractivity contribution in [3.05, 3.63) is 186 Å². The Morgan fingerprint density at radius 2 is 1.33 bits per heavy atom. The van der Waals surface area contributed by atoms with E-state index in [4.69, 9.17) is 4.98 Å². The van der Waals surface area contributed by atoms with E-state index in [0.717, 1.165) is 12.5 Å². The molecule has 0 fully saturated rings. The molecule has 4 nitrogen and oxygen atoms in total. The van der Waals surface area contributed by atoms with Crippen molar-refractivity contribution in [1.29, 1.82) is 0 Å². The van der Waals surface area contributed by atoms with Crippen LogP contribution in [0.3, 0.4) is 0 Å². The minimum Gasteiger partial charge on any atom is -0.321 e. The van der Waals surface area contributed by atoms with Crippen molar-refractivity contribution < 1.29 is 0 Å². The maximum Gasteiger partial charge on any atom is 0.134 e. The predicted molar refractivity (Wildman–Crippen MR) is 218 cm³/mol. The van der Waals surface area contributed by atoms with E-state index in [1.807, 2.05) is 6.20 Å². The molecule has 1 aliphatic carbocycles. The van der Waals surface area contributed by atoms with Gasteiger partial charge in [-0.2, -0.15) is 0 Å². The van der Waals surface area contributed by atoms with E-state index in [2.05, 4.69) is 200 Å². The molecule has 5 aromatic carbocycles. The molecule has 0 spiro atoms. The smallest absolute Gasteiger partial charge is 0.134 e. The van der Waals surface area contributed by atoms with E-state index in [9.17, 15) is 0 Å². The molecule has 4 heteroatoms. The van der Waals surface area contributed by atoms with Crippen molar-refractivity contribution in [2.45, 2.75) is 51.0 Å². The van der Waals surface area contributed by atoms with Crippen LogP contribution in [-0.2, 0) is 5.41 Å². The molecule has 6 aromatic rings. The minimum atomic E-state index is -0.250. The van der Waals surface area contributed by atoms with Gasteiger partial charge in [0.05, 0.1) is 17.4 Å². The van der Waals surface area contributed by atoms with Gasteiger partial charge in [-0.1, -0.05) is 131 Å². The number of hydrogen-bond donors (Lipinski definition) is 0. The number of allylic oxidation sites excluding steroid dienone is 2. The molecule has 3 aliphatic rings. The van der Waals surface area contributed by atoms with Crippen molar-refractivity contribution in [2.75, 3.05) is 21.4 Å². The lowest BCUT2D eigenvalue weighted by molar-refractivity contribution is 0.640. The average molecular weight is 677 g/mol. The summed E-state index contributed by atoms with van der Waals surface area (Å²) in [7, 11) is 0. The maximum absolute atomic E-state index is 5.02. The third-order valence-electron chi connectivity index (χ3n) is 11.4. The van der Waals surface area contributed by atoms with Crippen LogP contribution in [0.15, 0.2) is 164 Å². The first-order chi connectivity index (χ1) is 25.4. The average Bonchev–Trinajstić information content (AvgIpc) is 3.74. The Labute approximate surface area is 308 Å². The number of fused-ring (bicyclic) bond motifs is 4. The van der Waals surface area contributed by atoms with E-state index < -0.39 is 0 Å². The highest BCUT2D eigenvalue weighted by Gasteiger charge is 2.39. The number of rotatable bonds is 7. The van der Waals surface area contributed by atoms with Gasteiger partial charge >= 0.3 is 0 Å². The van der Waals surface area contributed by atoms with Crippen molar-refractivity contribution in [3.63, 3.8) is 0 Å². The summed E-state index contributed by atoms with van der Waals surface area (Å²) in [5, 5.41) is 0. The molecule has 2 unspecified atom stereocenters. The van der Waals surface area contributed by atoms with Crippen LogP contribution in [0.4, 0.5) is 34.3 Å². The Hall–Kier alpha value is -5.87. The molecule has 256 valence electrons. The van der Waals surface area contributed by atoms with Crippen LogP contribution in [0.1, 0.15) is 61.8 Å². The highest BCUT2D eigenvalue weighted by Crippen LogP contribution is 2.50. The van der Waals surface area contributed by atoms with Crippen molar-refractivity contribution in [2.24, 2.45) is 0 Å². The van der Waals surface area contributed by atoms with Gasteiger partial charge in [-0.05, 0) is 93.9 Å². The second-order valence-corrected chi connectivity index (χ2v) is 15.1. The summed E-state index contributed by atoms with van der Waals surface area (Å²) in [6.45, 7) is 10.0. The number of pyridine rings is 1. The Bertz CT molecular complexity index is 2340. The van der Waals surface area contributed by atoms with Crippen molar-refractivity contribution >= 4 is 34.3 Å². The summed E-state index contributed by atoms with van der Waals surface area (Å²) in [6.07, 6.45) is 11.0. The standard InChI is InChI=1S/C48H44N4/c1-33(2)39-19-8-9-20-40(39)34-27-28-49-47(29-34)52-43-22-11-10-21-41(43)42-26-25-36(31-46(42)52)48(3,4)35-15-14-18-38(30-35)51-32-50(37-16-6-5-7-17-37)44-23-12-13-24-45(44)51/h5-31,33,41,43H,32H2,1-4H3. The SMILES string of the molecule is CC(C)c1ccccc1-c1ccnc(N2c3cc(C(C)(C)c4cccc(N5CN(c6ccccc6)c6ccccc65)c4)ccc3C3C=CC=CC32)c1. The number of aromatic nitrogens is 1. The summed E-state index contributed by atoms with van der Waals surface area (Å²) in [4.78, 5) is 12.3. The summed E-state index contributed by atoms with van der Waals surface area (Å²) in [6, 6.07) is 49.1. The second-order valence-electron chi connectivity index (χ2n) is 15.1. The molecule has 0 bridgehead atoms. The summed E-state index contributed by atoms with van der Waals surface area (Å²) < 4.78 is 0. The third kappa shape index (κ3) is 5.33. The Morgan fingerprint density at radius 3 is 2.13 bits per heavy atom. The topological polar surface area (TPSA) is 22.6 Å². The maximum atomic E-state index is 5.02. The Balaban J connectivity index is 1.09. The van der Waals surface area contributed by atoms with Gasteiger partial charge in [-0.25, -0.2) is 4.98 Å². The molecule has 0 saturated carbocycles. The van der Waals surface area contributed by atoms with Crippen LogP contribution in [0.2, 0.25) is 0 Å². The zero-order valence-corrected chi connectivity index (χ0v) is 30.3. The van der Waals surface area contributed by atoms with E-state index in [-0.39, 0.29) is 17.4 Å². The molecule has 2 atom stereocenters. The summed E-state index contributed by atoms with van der Waals surface area (Å²) in [5.74, 6) is 1.69. The second kappa shape index (κ2) is 12.7. The Morgan fingerprint density at radius 1 is 0.635 bits per heavy atom. The molecule has 3 heterocycles. The first kappa shape index (κ1) is 32.1. The molecule has 0 N–H and O–H groups in total. The molecule has 52 heavy (non-hydrogen) atoms. The van der Waals surface area contributed by atoms with E-state index in [1.54, 1.807) is 0 Å². The van der Waals surface area contributed by atoms with Gasteiger partial charge in [0.2, 0.25) is 0 Å². The lowest BCUT2D eigenvalue weighted by Crippen LogP contribution is -2.29. The lowest BCUT2D eigenvalue weighted by atomic mass is 9.77. The van der Waals surface area contributed by atoms with Crippen LogP contribution in [0.25, 0.3) is 11.1 Å². The summed E-state index contributed by atoms with van der Waals surface area (Å²) in [5.41, 5.74) is 13.6. The number of benzene rings is 5.